The lowest BCUT2D eigenvalue weighted by molar-refractivity contribution is -0.111. The fourth-order valence-corrected chi connectivity index (χ4v) is 1.70. The van der Waals surface area contributed by atoms with Crippen LogP contribution in [0.2, 0.25) is 0 Å². The van der Waals surface area contributed by atoms with Gasteiger partial charge in [-0.1, -0.05) is 18.7 Å². The number of rotatable bonds is 4. The van der Waals surface area contributed by atoms with E-state index in [1.807, 2.05) is 0 Å². The quantitative estimate of drug-likeness (QED) is 0.612. The van der Waals surface area contributed by atoms with Crippen LogP contribution >= 0.6 is 0 Å². The fraction of sp³-hybridized carbons (Fsp3) is 0.100. The van der Waals surface area contributed by atoms with Crippen molar-refractivity contribution in [1.82, 2.24) is 0 Å². The summed E-state index contributed by atoms with van der Waals surface area (Å²) in [6.45, 7) is 3.30. The van der Waals surface area contributed by atoms with Gasteiger partial charge in [-0.25, -0.2) is 0 Å². The Labute approximate surface area is 93.5 Å². The Kier molecular flexibility index (Phi) is 3.81. The molecule has 0 aliphatic rings. The zero-order valence-electron chi connectivity index (χ0n) is 8.38. The van der Waals surface area contributed by atoms with Crippen LogP contribution in [-0.2, 0) is 20.7 Å². The van der Waals surface area contributed by atoms with Crippen molar-refractivity contribution < 1.29 is 17.8 Å². The van der Waals surface area contributed by atoms with Crippen molar-refractivity contribution in [2.24, 2.45) is 0 Å². The van der Waals surface area contributed by atoms with Gasteiger partial charge in [0.25, 0.3) is 10.1 Å². The molecular formula is C10H11NO4S. The molecule has 2 N–H and O–H groups in total. The Morgan fingerprint density at radius 3 is 2.38 bits per heavy atom. The number of carbonyl (C=O) groups excluding carboxylic acids is 1. The number of carbonyl (C=O) groups is 1. The Morgan fingerprint density at radius 2 is 1.94 bits per heavy atom. The number of benzene rings is 1. The van der Waals surface area contributed by atoms with E-state index in [-0.39, 0.29) is 5.91 Å². The van der Waals surface area contributed by atoms with Crippen LogP contribution < -0.4 is 5.32 Å². The molecule has 0 radical (unpaired) electrons. The molecule has 16 heavy (non-hydrogen) atoms. The van der Waals surface area contributed by atoms with E-state index in [9.17, 15) is 13.2 Å². The third kappa shape index (κ3) is 4.24. The second kappa shape index (κ2) is 4.91. The molecule has 0 unspecified atom stereocenters. The molecule has 1 amide bonds. The number of nitrogens with one attached hydrogen (secondary N) is 1. The predicted molar refractivity (Wildman–Crippen MR) is 60.5 cm³/mol. The minimum absolute atomic E-state index is 0.345. The minimum atomic E-state index is -4.02. The van der Waals surface area contributed by atoms with Gasteiger partial charge in [0.15, 0.2) is 0 Å². The lowest BCUT2D eigenvalue weighted by Gasteiger charge is -2.03. The van der Waals surface area contributed by atoms with Crippen LogP contribution in [0.1, 0.15) is 5.56 Å². The van der Waals surface area contributed by atoms with Crippen molar-refractivity contribution in [3.8, 4) is 0 Å². The SMILES string of the molecule is C=CC(=O)Nc1ccc(CS(=O)(=O)O)cc1. The second-order valence-electron chi connectivity index (χ2n) is 3.12. The van der Waals surface area contributed by atoms with Crippen molar-refractivity contribution >= 4 is 21.7 Å². The highest BCUT2D eigenvalue weighted by Crippen LogP contribution is 2.11. The summed E-state index contributed by atoms with van der Waals surface area (Å²) < 4.78 is 29.8. The summed E-state index contributed by atoms with van der Waals surface area (Å²) in [6.07, 6.45) is 1.13. The van der Waals surface area contributed by atoms with E-state index >= 15 is 0 Å². The van der Waals surface area contributed by atoms with Gasteiger partial charge in [-0.15, -0.1) is 0 Å². The van der Waals surface area contributed by atoms with Crippen LogP contribution in [-0.4, -0.2) is 18.9 Å². The standard InChI is InChI=1S/C10H11NO4S/c1-2-10(12)11-9-5-3-8(4-6-9)7-16(13,14)15/h2-6H,1,7H2,(H,11,12)(H,13,14,15). The molecule has 0 saturated heterocycles. The van der Waals surface area contributed by atoms with Crippen LogP contribution in [0.4, 0.5) is 5.69 Å². The average Bonchev–Trinajstić information content (AvgIpc) is 2.18. The summed E-state index contributed by atoms with van der Waals surface area (Å²) in [4.78, 5) is 10.9. The maximum absolute atomic E-state index is 10.9. The van der Waals surface area contributed by atoms with Gasteiger partial charge in [-0.2, -0.15) is 8.42 Å². The van der Waals surface area contributed by atoms with Crippen LogP contribution in [0, 0.1) is 0 Å². The van der Waals surface area contributed by atoms with Crippen LogP contribution in [0.3, 0.4) is 0 Å². The maximum Gasteiger partial charge on any atom is 0.269 e. The molecule has 0 aromatic heterocycles. The lowest BCUT2D eigenvalue weighted by Crippen LogP contribution is -2.07. The third-order valence-electron chi connectivity index (χ3n) is 1.76. The van der Waals surface area contributed by atoms with E-state index in [2.05, 4.69) is 11.9 Å². The normalized spacial score (nSPS) is 10.8. The number of amides is 1. The molecule has 1 aromatic carbocycles. The molecule has 0 aliphatic heterocycles. The first kappa shape index (κ1) is 12.4. The Morgan fingerprint density at radius 1 is 1.38 bits per heavy atom. The van der Waals surface area contributed by atoms with Gasteiger partial charge in [0, 0.05) is 5.69 Å². The molecule has 1 aromatic rings. The van der Waals surface area contributed by atoms with E-state index in [0.717, 1.165) is 6.08 Å². The van der Waals surface area contributed by atoms with E-state index in [1.54, 1.807) is 12.1 Å². The first-order chi connectivity index (χ1) is 7.40. The van der Waals surface area contributed by atoms with E-state index in [1.165, 1.54) is 12.1 Å². The predicted octanol–water partition coefficient (Wildman–Crippen LogP) is 1.20. The topological polar surface area (TPSA) is 83.5 Å². The number of anilines is 1. The Bertz CT molecular complexity index is 490. The third-order valence-corrected chi connectivity index (χ3v) is 2.45. The van der Waals surface area contributed by atoms with E-state index in [0.29, 0.717) is 11.3 Å². The highest BCUT2D eigenvalue weighted by atomic mass is 32.2. The molecule has 0 fully saturated rings. The summed E-state index contributed by atoms with van der Waals surface area (Å²) >= 11 is 0. The van der Waals surface area contributed by atoms with Crippen LogP contribution in [0.15, 0.2) is 36.9 Å². The summed E-state index contributed by atoms with van der Waals surface area (Å²) in [6, 6.07) is 6.10. The van der Waals surface area contributed by atoms with Gasteiger partial charge in [0.1, 0.15) is 5.75 Å². The minimum Gasteiger partial charge on any atom is -0.323 e. The molecule has 86 valence electrons. The summed E-state index contributed by atoms with van der Waals surface area (Å²) in [5, 5.41) is 2.51. The first-order valence-electron chi connectivity index (χ1n) is 4.38. The van der Waals surface area contributed by atoms with Gasteiger partial charge in [0.05, 0.1) is 0 Å². The smallest absolute Gasteiger partial charge is 0.269 e. The van der Waals surface area contributed by atoms with Crippen LogP contribution in [0.5, 0.6) is 0 Å². The first-order valence-corrected chi connectivity index (χ1v) is 5.99. The molecule has 0 spiro atoms. The zero-order valence-corrected chi connectivity index (χ0v) is 9.20. The molecule has 0 atom stereocenters. The summed E-state index contributed by atoms with van der Waals surface area (Å²) in [7, 11) is -4.02. The monoisotopic (exact) mass is 241 g/mol. The number of hydrogen-bond acceptors (Lipinski definition) is 3. The highest BCUT2D eigenvalue weighted by molar-refractivity contribution is 7.85. The summed E-state index contributed by atoms with van der Waals surface area (Å²) in [5.41, 5.74) is 0.975. The average molecular weight is 241 g/mol. The van der Waals surface area contributed by atoms with E-state index < -0.39 is 15.9 Å². The second-order valence-corrected chi connectivity index (χ2v) is 4.57. The largest absolute Gasteiger partial charge is 0.323 e. The lowest BCUT2D eigenvalue weighted by atomic mass is 10.2. The van der Waals surface area contributed by atoms with Crippen molar-refractivity contribution in [3.63, 3.8) is 0 Å². The van der Waals surface area contributed by atoms with Gasteiger partial charge in [-0.3, -0.25) is 9.35 Å². The van der Waals surface area contributed by atoms with Crippen molar-refractivity contribution in [2.45, 2.75) is 5.75 Å². The molecule has 1 rings (SSSR count). The highest BCUT2D eigenvalue weighted by Gasteiger charge is 2.06. The fourth-order valence-electron chi connectivity index (χ4n) is 1.09. The number of hydrogen-bond donors (Lipinski definition) is 2. The molecule has 0 bridgehead atoms. The molecule has 0 saturated carbocycles. The maximum atomic E-state index is 10.9. The Hall–Kier alpha value is -1.66. The van der Waals surface area contributed by atoms with Crippen LogP contribution in [0.25, 0.3) is 0 Å². The van der Waals surface area contributed by atoms with Crippen molar-refractivity contribution in [2.75, 3.05) is 5.32 Å². The zero-order chi connectivity index (χ0) is 12.2. The molecule has 6 heteroatoms. The Balaban J connectivity index is 2.75. The molecule has 0 heterocycles. The van der Waals surface area contributed by atoms with Gasteiger partial charge >= 0.3 is 0 Å². The van der Waals surface area contributed by atoms with Gasteiger partial charge < -0.3 is 5.32 Å². The molecule has 0 aliphatic carbocycles. The molecular weight excluding hydrogens is 230 g/mol. The molecule has 5 nitrogen and oxygen atoms in total. The summed E-state index contributed by atoms with van der Waals surface area (Å²) in [5.74, 6) is -0.787. The van der Waals surface area contributed by atoms with Gasteiger partial charge in [-0.05, 0) is 23.8 Å². The van der Waals surface area contributed by atoms with Crippen molar-refractivity contribution in [3.05, 3.63) is 42.5 Å². The van der Waals surface area contributed by atoms with E-state index in [4.69, 9.17) is 4.55 Å². The van der Waals surface area contributed by atoms with Gasteiger partial charge in [0.2, 0.25) is 5.91 Å². The van der Waals surface area contributed by atoms with Crippen molar-refractivity contribution in [1.29, 1.82) is 0 Å².